The van der Waals surface area contributed by atoms with Crippen LogP contribution in [0, 0.1) is 18.3 Å². The average Bonchev–Trinajstić information content (AvgIpc) is 3.02. The van der Waals surface area contributed by atoms with Gasteiger partial charge in [0.2, 0.25) is 0 Å². The van der Waals surface area contributed by atoms with E-state index in [1.807, 2.05) is 23.7 Å². The molecule has 1 aliphatic rings. The molecule has 0 bridgehead atoms. The fourth-order valence-corrected chi connectivity index (χ4v) is 3.14. The van der Waals surface area contributed by atoms with Crippen LogP contribution in [0.4, 0.5) is 11.6 Å². The van der Waals surface area contributed by atoms with E-state index < -0.39 is 0 Å². The summed E-state index contributed by atoms with van der Waals surface area (Å²) in [5, 5.41) is 13.7. The van der Waals surface area contributed by atoms with Gasteiger partial charge in [-0.25, -0.2) is 14.5 Å². The van der Waals surface area contributed by atoms with Crippen LogP contribution < -0.4 is 9.80 Å². The van der Waals surface area contributed by atoms with Gasteiger partial charge in [-0.1, -0.05) is 0 Å². The lowest BCUT2D eigenvalue weighted by Gasteiger charge is -2.36. The molecule has 1 aliphatic heterocycles. The number of piperazine rings is 1. The van der Waals surface area contributed by atoms with Crippen molar-refractivity contribution in [3.8, 4) is 6.07 Å². The molecule has 0 saturated carbocycles. The highest BCUT2D eigenvalue weighted by Crippen LogP contribution is 2.23. The van der Waals surface area contributed by atoms with Crippen molar-refractivity contribution in [2.45, 2.75) is 6.92 Å². The first-order valence-corrected chi connectivity index (χ1v) is 7.92. The summed E-state index contributed by atoms with van der Waals surface area (Å²) in [5.41, 5.74) is 2.63. The van der Waals surface area contributed by atoms with Crippen molar-refractivity contribution in [2.24, 2.45) is 0 Å². The summed E-state index contributed by atoms with van der Waals surface area (Å²) in [6.45, 7) is 5.26. The van der Waals surface area contributed by atoms with Gasteiger partial charge in [0.15, 0.2) is 5.82 Å². The number of hydrogen-bond acceptors (Lipinski definition) is 6. The number of aryl methyl sites for hydroxylation is 1. The van der Waals surface area contributed by atoms with Gasteiger partial charge in [0, 0.05) is 44.8 Å². The third-order valence-corrected chi connectivity index (χ3v) is 4.28. The van der Waals surface area contributed by atoms with Gasteiger partial charge in [-0.3, -0.25) is 0 Å². The van der Waals surface area contributed by atoms with Crippen LogP contribution >= 0.6 is 0 Å². The summed E-state index contributed by atoms with van der Waals surface area (Å²) in [5.74, 6) is 1.73. The Morgan fingerprint density at radius 3 is 2.50 bits per heavy atom. The molecule has 3 aromatic rings. The van der Waals surface area contributed by atoms with E-state index in [1.54, 1.807) is 18.5 Å². The number of pyridine rings is 1. The van der Waals surface area contributed by atoms with Gasteiger partial charge < -0.3 is 9.80 Å². The molecule has 7 heteroatoms. The zero-order valence-corrected chi connectivity index (χ0v) is 13.4. The first-order valence-electron chi connectivity index (χ1n) is 7.92. The molecule has 24 heavy (non-hydrogen) atoms. The Bertz CT molecular complexity index is 916. The number of rotatable bonds is 2. The second-order valence-electron chi connectivity index (χ2n) is 5.83. The van der Waals surface area contributed by atoms with Gasteiger partial charge in [0.05, 0.1) is 11.3 Å². The topological polar surface area (TPSA) is 73.3 Å². The molecule has 0 radical (unpaired) electrons. The summed E-state index contributed by atoms with van der Waals surface area (Å²) in [7, 11) is 0. The van der Waals surface area contributed by atoms with Crippen molar-refractivity contribution in [1.29, 1.82) is 5.26 Å². The van der Waals surface area contributed by atoms with Crippen LogP contribution in [0.2, 0.25) is 0 Å². The van der Waals surface area contributed by atoms with Crippen molar-refractivity contribution in [3.05, 3.63) is 48.0 Å². The normalized spacial score (nSPS) is 14.8. The lowest BCUT2D eigenvalue weighted by atomic mass is 10.2. The molecule has 0 aromatic carbocycles. The molecule has 0 N–H and O–H groups in total. The highest BCUT2D eigenvalue weighted by Gasteiger charge is 2.22. The molecule has 1 fully saturated rings. The zero-order valence-electron chi connectivity index (χ0n) is 13.4. The van der Waals surface area contributed by atoms with Crippen LogP contribution in [0.5, 0.6) is 0 Å². The van der Waals surface area contributed by atoms with Gasteiger partial charge in [-0.2, -0.15) is 10.4 Å². The number of nitriles is 1. The quantitative estimate of drug-likeness (QED) is 0.715. The SMILES string of the molecule is Cc1cc2c(N3CCN(c4ncccc4C#N)CC3)nccn2n1. The molecule has 0 spiro atoms. The van der Waals surface area contributed by atoms with E-state index in [1.165, 1.54) is 0 Å². The number of anilines is 2. The maximum atomic E-state index is 9.25. The van der Waals surface area contributed by atoms with Crippen molar-refractivity contribution >= 4 is 17.2 Å². The van der Waals surface area contributed by atoms with Crippen LogP contribution in [0.25, 0.3) is 5.52 Å². The summed E-state index contributed by atoms with van der Waals surface area (Å²) >= 11 is 0. The van der Waals surface area contributed by atoms with Crippen molar-refractivity contribution in [3.63, 3.8) is 0 Å². The highest BCUT2D eigenvalue weighted by atomic mass is 15.3. The molecular weight excluding hydrogens is 302 g/mol. The van der Waals surface area contributed by atoms with Crippen molar-refractivity contribution in [2.75, 3.05) is 36.0 Å². The molecule has 1 saturated heterocycles. The first-order chi connectivity index (χ1) is 11.8. The Labute approximate surface area is 139 Å². The number of fused-ring (bicyclic) bond motifs is 1. The molecule has 0 aliphatic carbocycles. The minimum absolute atomic E-state index is 0.623. The van der Waals surface area contributed by atoms with Crippen LogP contribution in [0.15, 0.2) is 36.8 Å². The third kappa shape index (κ3) is 2.42. The molecule has 0 unspecified atom stereocenters. The van der Waals surface area contributed by atoms with E-state index in [0.29, 0.717) is 5.56 Å². The number of aromatic nitrogens is 4. The smallest absolute Gasteiger partial charge is 0.154 e. The van der Waals surface area contributed by atoms with Gasteiger partial charge in [0.25, 0.3) is 0 Å². The van der Waals surface area contributed by atoms with Crippen LogP contribution in [-0.2, 0) is 0 Å². The van der Waals surface area contributed by atoms with E-state index >= 15 is 0 Å². The Morgan fingerprint density at radius 2 is 1.75 bits per heavy atom. The Balaban J connectivity index is 1.57. The molecule has 4 heterocycles. The Kier molecular flexibility index (Phi) is 3.50. The average molecular weight is 319 g/mol. The second kappa shape index (κ2) is 5.81. The van der Waals surface area contributed by atoms with E-state index in [9.17, 15) is 5.26 Å². The number of nitrogens with zero attached hydrogens (tertiary/aromatic N) is 7. The highest BCUT2D eigenvalue weighted by molar-refractivity contribution is 5.69. The zero-order chi connectivity index (χ0) is 16.5. The Morgan fingerprint density at radius 1 is 1.04 bits per heavy atom. The molecular formula is C17H17N7. The van der Waals surface area contributed by atoms with Crippen molar-refractivity contribution in [1.82, 2.24) is 19.6 Å². The first kappa shape index (κ1) is 14.5. The fourth-order valence-electron chi connectivity index (χ4n) is 3.14. The lowest BCUT2D eigenvalue weighted by molar-refractivity contribution is 0.641. The summed E-state index contributed by atoms with van der Waals surface area (Å²) in [6, 6.07) is 7.89. The lowest BCUT2D eigenvalue weighted by Crippen LogP contribution is -2.47. The fraction of sp³-hybridized carbons (Fsp3) is 0.294. The predicted octanol–water partition coefficient (Wildman–Crippen LogP) is 1.63. The van der Waals surface area contributed by atoms with E-state index in [2.05, 4.69) is 37.0 Å². The van der Waals surface area contributed by atoms with Crippen LogP contribution in [-0.4, -0.2) is 45.8 Å². The molecule has 120 valence electrons. The molecule has 7 nitrogen and oxygen atoms in total. The minimum Gasteiger partial charge on any atom is -0.352 e. The van der Waals surface area contributed by atoms with Gasteiger partial charge in [-0.15, -0.1) is 0 Å². The van der Waals surface area contributed by atoms with Crippen LogP contribution in [0.1, 0.15) is 11.3 Å². The maximum absolute atomic E-state index is 9.25. The van der Waals surface area contributed by atoms with Gasteiger partial charge >= 0.3 is 0 Å². The summed E-state index contributed by atoms with van der Waals surface area (Å²) in [4.78, 5) is 13.4. The summed E-state index contributed by atoms with van der Waals surface area (Å²) in [6.07, 6.45) is 5.39. The van der Waals surface area contributed by atoms with Gasteiger partial charge in [0.1, 0.15) is 17.4 Å². The van der Waals surface area contributed by atoms with Crippen LogP contribution in [0.3, 0.4) is 0 Å². The van der Waals surface area contributed by atoms with E-state index in [0.717, 1.165) is 49.0 Å². The van der Waals surface area contributed by atoms with E-state index in [-0.39, 0.29) is 0 Å². The van der Waals surface area contributed by atoms with Crippen molar-refractivity contribution < 1.29 is 0 Å². The molecule has 0 atom stereocenters. The second-order valence-corrected chi connectivity index (χ2v) is 5.83. The predicted molar refractivity (Wildman–Crippen MR) is 91.1 cm³/mol. The Hall–Kier alpha value is -3.14. The maximum Gasteiger partial charge on any atom is 0.154 e. The molecule has 3 aromatic heterocycles. The standard InChI is InChI=1S/C17H17N7/c1-13-11-15-17(20-5-6-24(15)21-13)23-9-7-22(8-10-23)16-14(12-18)3-2-4-19-16/h2-6,11H,7-10H2,1H3. The molecule has 4 rings (SSSR count). The van der Waals surface area contributed by atoms with E-state index in [4.69, 9.17) is 0 Å². The monoisotopic (exact) mass is 319 g/mol. The summed E-state index contributed by atoms with van der Waals surface area (Å²) < 4.78 is 1.87. The number of hydrogen-bond donors (Lipinski definition) is 0. The minimum atomic E-state index is 0.623. The largest absolute Gasteiger partial charge is 0.352 e. The van der Waals surface area contributed by atoms with Gasteiger partial charge in [-0.05, 0) is 25.1 Å². The third-order valence-electron chi connectivity index (χ3n) is 4.28. The molecule has 0 amide bonds.